The van der Waals surface area contributed by atoms with Crippen LogP contribution in [0.5, 0.6) is 0 Å². The van der Waals surface area contributed by atoms with Crippen LogP contribution in [-0.4, -0.2) is 56.1 Å². The molecule has 2 aromatic carbocycles. The summed E-state index contributed by atoms with van der Waals surface area (Å²) >= 11 is 5.93. The molecule has 0 aliphatic heterocycles. The van der Waals surface area contributed by atoms with E-state index < -0.39 is 21.6 Å². The first-order chi connectivity index (χ1) is 16.3. The van der Waals surface area contributed by atoms with Gasteiger partial charge < -0.3 is 10.2 Å². The molecule has 2 aromatic rings. The smallest absolute Gasteiger partial charge is 0.242 e. The summed E-state index contributed by atoms with van der Waals surface area (Å²) in [6, 6.07) is 15.6. The Labute approximate surface area is 214 Å². The molecule has 0 fully saturated rings. The number of halogens is 1. The summed E-state index contributed by atoms with van der Waals surface area (Å²) in [4.78, 5) is 27.7. The lowest BCUT2D eigenvalue weighted by Gasteiger charge is -2.32. The van der Waals surface area contributed by atoms with E-state index in [9.17, 15) is 18.0 Å². The standard InChI is InChI=1S/C26H36ClN3O4S/c1-20(25(32)28-26(2,3)4)29(19-17-21-10-7-6-8-11-21)24(31)12-9-18-30(35(5,33)34)23-15-13-22(27)14-16-23/h6-8,10-11,13-16,20H,9,12,17-19H2,1-5H3,(H,28,32). The van der Waals surface area contributed by atoms with E-state index in [1.54, 1.807) is 36.1 Å². The minimum absolute atomic E-state index is 0.113. The molecule has 1 atom stereocenters. The highest BCUT2D eigenvalue weighted by Gasteiger charge is 2.28. The number of sulfonamides is 1. The second-order valence-electron chi connectivity index (χ2n) is 9.65. The van der Waals surface area contributed by atoms with Crippen LogP contribution in [0.1, 0.15) is 46.1 Å². The zero-order valence-electron chi connectivity index (χ0n) is 21.1. The highest BCUT2D eigenvalue weighted by atomic mass is 35.5. The molecular weight excluding hydrogens is 486 g/mol. The molecule has 0 radical (unpaired) electrons. The van der Waals surface area contributed by atoms with Gasteiger partial charge in [0.1, 0.15) is 6.04 Å². The number of benzene rings is 2. The second kappa shape index (κ2) is 12.4. The molecule has 0 aromatic heterocycles. The summed E-state index contributed by atoms with van der Waals surface area (Å²) in [6.45, 7) is 7.93. The first-order valence-corrected chi connectivity index (χ1v) is 13.9. The Morgan fingerprint density at radius 3 is 2.14 bits per heavy atom. The molecule has 0 aliphatic rings. The molecule has 0 saturated heterocycles. The number of hydrogen-bond donors (Lipinski definition) is 1. The van der Waals surface area contributed by atoms with E-state index in [0.717, 1.165) is 11.8 Å². The third-order valence-corrected chi connectivity index (χ3v) is 6.86. The zero-order valence-corrected chi connectivity index (χ0v) is 22.7. The maximum Gasteiger partial charge on any atom is 0.242 e. The van der Waals surface area contributed by atoms with Gasteiger partial charge in [-0.05, 0) is 70.4 Å². The summed E-state index contributed by atoms with van der Waals surface area (Å²) in [6.07, 6.45) is 2.17. The van der Waals surface area contributed by atoms with Crippen LogP contribution in [0.2, 0.25) is 5.02 Å². The van der Waals surface area contributed by atoms with E-state index >= 15 is 0 Å². The number of nitrogens with zero attached hydrogens (tertiary/aromatic N) is 2. The quantitative estimate of drug-likeness (QED) is 0.478. The highest BCUT2D eigenvalue weighted by Crippen LogP contribution is 2.21. The van der Waals surface area contributed by atoms with Crippen molar-refractivity contribution in [3.8, 4) is 0 Å². The third-order valence-electron chi connectivity index (χ3n) is 5.42. The highest BCUT2D eigenvalue weighted by molar-refractivity contribution is 7.92. The van der Waals surface area contributed by atoms with E-state index in [1.807, 2.05) is 51.1 Å². The fourth-order valence-electron chi connectivity index (χ4n) is 3.66. The molecule has 0 spiro atoms. The van der Waals surface area contributed by atoms with E-state index in [0.29, 0.717) is 30.1 Å². The summed E-state index contributed by atoms with van der Waals surface area (Å²) < 4.78 is 26.0. The molecule has 35 heavy (non-hydrogen) atoms. The van der Waals surface area contributed by atoms with Gasteiger partial charge in [-0.25, -0.2) is 8.42 Å². The van der Waals surface area contributed by atoms with Gasteiger partial charge >= 0.3 is 0 Å². The molecule has 0 saturated carbocycles. The minimum Gasteiger partial charge on any atom is -0.350 e. The topological polar surface area (TPSA) is 86.8 Å². The summed E-state index contributed by atoms with van der Waals surface area (Å²) in [5.74, 6) is -0.417. The van der Waals surface area contributed by atoms with Crippen molar-refractivity contribution < 1.29 is 18.0 Å². The van der Waals surface area contributed by atoms with E-state index in [-0.39, 0.29) is 24.8 Å². The van der Waals surface area contributed by atoms with E-state index in [1.165, 1.54) is 4.31 Å². The molecule has 0 aliphatic carbocycles. The molecule has 1 N–H and O–H groups in total. The number of anilines is 1. The number of hydrogen-bond acceptors (Lipinski definition) is 4. The van der Waals surface area contributed by atoms with Gasteiger partial charge in [-0.15, -0.1) is 0 Å². The maximum atomic E-state index is 13.2. The molecule has 192 valence electrons. The molecular formula is C26H36ClN3O4S. The van der Waals surface area contributed by atoms with Crippen molar-refractivity contribution in [3.05, 3.63) is 65.2 Å². The van der Waals surface area contributed by atoms with Gasteiger partial charge in [-0.2, -0.15) is 0 Å². The van der Waals surface area contributed by atoms with Gasteiger partial charge in [0.15, 0.2) is 0 Å². The molecule has 1 unspecified atom stereocenters. The van der Waals surface area contributed by atoms with Gasteiger partial charge in [-0.1, -0.05) is 41.9 Å². The molecule has 2 amide bonds. The van der Waals surface area contributed by atoms with Crippen molar-refractivity contribution in [2.24, 2.45) is 0 Å². The Morgan fingerprint density at radius 1 is 1.00 bits per heavy atom. The van der Waals surface area contributed by atoms with Gasteiger partial charge in [0.2, 0.25) is 21.8 Å². The van der Waals surface area contributed by atoms with Crippen LogP contribution in [0.15, 0.2) is 54.6 Å². The predicted octanol–water partition coefficient (Wildman–Crippen LogP) is 4.26. The van der Waals surface area contributed by atoms with Crippen molar-refractivity contribution in [3.63, 3.8) is 0 Å². The zero-order chi connectivity index (χ0) is 26.2. The van der Waals surface area contributed by atoms with Crippen molar-refractivity contribution >= 4 is 39.1 Å². The lowest BCUT2D eigenvalue weighted by Crippen LogP contribution is -2.53. The predicted molar refractivity (Wildman–Crippen MR) is 142 cm³/mol. The number of carbonyl (C=O) groups is 2. The molecule has 9 heteroatoms. The molecule has 7 nitrogen and oxygen atoms in total. The van der Waals surface area contributed by atoms with Gasteiger partial charge in [-0.3, -0.25) is 13.9 Å². The van der Waals surface area contributed by atoms with Gasteiger partial charge in [0, 0.05) is 30.1 Å². The fraction of sp³-hybridized carbons (Fsp3) is 0.462. The van der Waals surface area contributed by atoms with Gasteiger partial charge in [0.25, 0.3) is 0 Å². The number of amides is 2. The number of carbonyl (C=O) groups excluding carboxylic acids is 2. The van der Waals surface area contributed by atoms with Crippen LogP contribution in [-0.2, 0) is 26.0 Å². The lowest BCUT2D eigenvalue weighted by molar-refractivity contribution is -0.140. The minimum atomic E-state index is -3.54. The molecule has 0 heterocycles. The van der Waals surface area contributed by atoms with Gasteiger partial charge in [0.05, 0.1) is 11.9 Å². The summed E-state index contributed by atoms with van der Waals surface area (Å²) in [5, 5.41) is 3.45. The Balaban J connectivity index is 2.12. The Kier molecular flexibility index (Phi) is 10.2. The van der Waals surface area contributed by atoms with E-state index in [2.05, 4.69) is 5.32 Å². The van der Waals surface area contributed by atoms with Crippen LogP contribution in [0, 0.1) is 0 Å². The van der Waals surface area contributed by atoms with Crippen LogP contribution in [0.4, 0.5) is 5.69 Å². The van der Waals surface area contributed by atoms with Crippen LogP contribution in [0.25, 0.3) is 0 Å². The first-order valence-electron chi connectivity index (χ1n) is 11.7. The van der Waals surface area contributed by atoms with Crippen LogP contribution < -0.4 is 9.62 Å². The molecule has 2 rings (SSSR count). The Morgan fingerprint density at radius 2 is 1.60 bits per heavy atom. The molecule has 0 bridgehead atoms. The number of nitrogens with one attached hydrogen (secondary N) is 1. The Bertz CT molecular complexity index is 1080. The monoisotopic (exact) mass is 521 g/mol. The summed E-state index contributed by atoms with van der Waals surface area (Å²) in [5.41, 5.74) is 1.14. The van der Waals surface area contributed by atoms with Crippen LogP contribution in [0.3, 0.4) is 0 Å². The lowest BCUT2D eigenvalue weighted by atomic mass is 10.1. The Hall–Kier alpha value is -2.58. The maximum absolute atomic E-state index is 13.2. The average molecular weight is 522 g/mol. The largest absolute Gasteiger partial charge is 0.350 e. The second-order valence-corrected chi connectivity index (χ2v) is 12.0. The van der Waals surface area contributed by atoms with Crippen molar-refractivity contribution in [2.75, 3.05) is 23.7 Å². The van der Waals surface area contributed by atoms with E-state index in [4.69, 9.17) is 11.6 Å². The third kappa shape index (κ3) is 9.53. The average Bonchev–Trinajstić information content (AvgIpc) is 2.76. The first kappa shape index (κ1) is 28.7. The number of rotatable bonds is 11. The van der Waals surface area contributed by atoms with Crippen molar-refractivity contribution in [1.82, 2.24) is 10.2 Å². The normalized spacial score (nSPS) is 12.6. The van der Waals surface area contributed by atoms with Crippen molar-refractivity contribution in [2.45, 2.75) is 58.5 Å². The van der Waals surface area contributed by atoms with Crippen molar-refractivity contribution in [1.29, 1.82) is 0 Å². The SMILES string of the molecule is CC(C(=O)NC(C)(C)C)N(CCc1ccccc1)C(=O)CCCN(c1ccc(Cl)cc1)S(C)(=O)=O. The fourth-order valence-corrected chi connectivity index (χ4v) is 4.75. The van der Waals surface area contributed by atoms with Crippen LogP contribution >= 0.6 is 11.6 Å². The summed E-state index contributed by atoms with van der Waals surface area (Å²) in [7, 11) is -3.54.